The van der Waals surface area contributed by atoms with Crippen molar-refractivity contribution >= 4 is 0 Å². The van der Waals surface area contributed by atoms with Crippen molar-refractivity contribution < 1.29 is 9.47 Å². The van der Waals surface area contributed by atoms with E-state index in [2.05, 4.69) is 31.0 Å². The molecule has 4 heteroatoms. The van der Waals surface area contributed by atoms with Crippen LogP contribution in [0.25, 0.3) is 0 Å². The Labute approximate surface area is 107 Å². The Bertz CT molecular complexity index is 154. The van der Waals surface area contributed by atoms with Crippen LogP contribution < -0.4 is 5.32 Å². The molecule has 104 valence electrons. The van der Waals surface area contributed by atoms with E-state index >= 15 is 0 Å². The van der Waals surface area contributed by atoms with Gasteiger partial charge in [-0.3, -0.25) is 0 Å². The molecule has 0 bridgehead atoms. The zero-order valence-corrected chi connectivity index (χ0v) is 12.0. The van der Waals surface area contributed by atoms with Gasteiger partial charge in [0.1, 0.15) is 0 Å². The molecule has 0 aromatic rings. The number of hydrogen-bond donors (Lipinski definition) is 1. The summed E-state index contributed by atoms with van der Waals surface area (Å²) >= 11 is 0. The van der Waals surface area contributed by atoms with Gasteiger partial charge in [0.15, 0.2) is 0 Å². The molecule has 0 rings (SSSR count). The SMILES string of the molecule is CCN(CCNCCCOC(C)C)CCOC. The maximum Gasteiger partial charge on any atom is 0.0589 e. The molecule has 0 aliphatic rings. The number of ether oxygens (including phenoxy) is 2. The molecule has 0 heterocycles. The minimum absolute atomic E-state index is 0.347. The van der Waals surface area contributed by atoms with Gasteiger partial charge in [-0.2, -0.15) is 0 Å². The minimum Gasteiger partial charge on any atom is -0.383 e. The lowest BCUT2D eigenvalue weighted by Gasteiger charge is -2.20. The molecule has 4 nitrogen and oxygen atoms in total. The van der Waals surface area contributed by atoms with Gasteiger partial charge in [0, 0.05) is 33.4 Å². The van der Waals surface area contributed by atoms with Crippen LogP contribution in [0.2, 0.25) is 0 Å². The highest BCUT2D eigenvalue weighted by Crippen LogP contribution is 1.90. The van der Waals surface area contributed by atoms with Gasteiger partial charge in [-0.1, -0.05) is 6.92 Å². The molecule has 0 aromatic heterocycles. The molecule has 0 fully saturated rings. The molecule has 0 spiro atoms. The third kappa shape index (κ3) is 12.1. The number of likely N-dealkylation sites (N-methyl/N-ethyl adjacent to an activating group) is 1. The van der Waals surface area contributed by atoms with E-state index in [1.165, 1.54) is 0 Å². The van der Waals surface area contributed by atoms with Crippen LogP contribution in [0.4, 0.5) is 0 Å². The zero-order valence-electron chi connectivity index (χ0n) is 12.0. The molecular weight excluding hydrogens is 216 g/mol. The second kappa shape index (κ2) is 12.3. The normalized spacial score (nSPS) is 11.6. The Morgan fingerprint density at radius 2 is 1.88 bits per heavy atom. The molecule has 1 N–H and O–H groups in total. The molecule has 0 saturated heterocycles. The van der Waals surface area contributed by atoms with E-state index < -0.39 is 0 Å². The highest BCUT2D eigenvalue weighted by atomic mass is 16.5. The number of rotatable bonds is 12. The number of nitrogens with zero attached hydrogens (tertiary/aromatic N) is 1. The number of nitrogens with one attached hydrogen (secondary N) is 1. The van der Waals surface area contributed by atoms with Crippen LogP contribution in [0.15, 0.2) is 0 Å². The van der Waals surface area contributed by atoms with E-state index in [0.717, 1.165) is 52.4 Å². The van der Waals surface area contributed by atoms with Crippen LogP contribution in [0, 0.1) is 0 Å². The van der Waals surface area contributed by atoms with Gasteiger partial charge in [-0.15, -0.1) is 0 Å². The van der Waals surface area contributed by atoms with Crippen molar-refractivity contribution in [2.24, 2.45) is 0 Å². The van der Waals surface area contributed by atoms with E-state index in [4.69, 9.17) is 9.47 Å². The summed E-state index contributed by atoms with van der Waals surface area (Å²) in [6.07, 6.45) is 1.43. The summed E-state index contributed by atoms with van der Waals surface area (Å²) in [5, 5.41) is 3.44. The van der Waals surface area contributed by atoms with E-state index in [9.17, 15) is 0 Å². The van der Waals surface area contributed by atoms with Crippen molar-refractivity contribution in [1.82, 2.24) is 10.2 Å². The summed E-state index contributed by atoms with van der Waals surface area (Å²) in [6, 6.07) is 0. The molecule has 17 heavy (non-hydrogen) atoms. The van der Waals surface area contributed by atoms with Crippen molar-refractivity contribution in [2.75, 3.05) is 53.0 Å². The summed E-state index contributed by atoms with van der Waals surface area (Å²) in [5.74, 6) is 0. The quantitative estimate of drug-likeness (QED) is 0.527. The van der Waals surface area contributed by atoms with Crippen LogP contribution in [-0.4, -0.2) is 64.1 Å². The van der Waals surface area contributed by atoms with Gasteiger partial charge in [0.05, 0.1) is 12.7 Å². The fourth-order valence-electron chi connectivity index (χ4n) is 1.53. The summed E-state index contributed by atoms with van der Waals surface area (Å²) in [5.41, 5.74) is 0. The topological polar surface area (TPSA) is 33.7 Å². The Kier molecular flexibility index (Phi) is 12.2. The molecule has 0 unspecified atom stereocenters. The van der Waals surface area contributed by atoms with E-state index in [-0.39, 0.29) is 0 Å². The van der Waals surface area contributed by atoms with Crippen molar-refractivity contribution in [3.63, 3.8) is 0 Å². The second-order valence-electron chi connectivity index (χ2n) is 4.45. The summed E-state index contributed by atoms with van der Waals surface area (Å²) in [7, 11) is 1.75. The first-order valence-corrected chi connectivity index (χ1v) is 6.74. The Morgan fingerprint density at radius 1 is 1.12 bits per heavy atom. The van der Waals surface area contributed by atoms with Gasteiger partial charge in [-0.05, 0) is 33.4 Å². The largest absolute Gasteiger partial charge is 0.383 e. The molecule has 0 amide bonds. The van der Waals surface area contributed by atoms with Gasteiger partial charge >= 0.3 is 0 Å². The third-order valence-corrected chi connectivity index (χ3v) is 2.61. The Balaban J connectivity index is 3.24. The van der Waals surface area contributed by atoms with Crippen molar-refractivity contribution in [3.8, 4) is 0 Å². The first-order valence-electron chi connectivity index (χ1n) is 6.74. The maximum atomic E-state index is 5.48. The molecule has 0 aromatic carbocycles. The molecule has 0 atom stereocenters. The van der Waals surface area contributed by atoms with Crippen molar-refractivity contribution in [2.45, 2.75) is 33.3 Å². The highest BCUT2D eigenvalue weighted by molar-refractivity contribution is 4.57. The Morgan fingerprint density at radius 3 is 2.47 bits per heavy atom. The summed E-state index contributed by atoms with van der Waals surface area (Å²) in [6.45, 7) is 13.3. The monoisotopic (exact) mass is 246 g/mol. The average molecular weight is 246 g/mol. The van der Waals surface area contributed by atoms with Crippen LogP contribution in [0.1, 0.15) is 27.2 Å². The van der Waals surface area contributed by atoms with Crippen molar-refractivity contribution in [1.29, 1.82) is 0 Å². The second-order valence-corrected chi connectivity index (χ2v) is 4.45. The maximum absolute atomic E-state index is 5.48. The van der Waals surface area contributed by atoms with Gasteiger partial charge in [-0.25, -0.2) is 0 Å². The van der Waals surface area contributed by atoms with Crippen LogP contribution in [0.5, 0.6) is 0 Å². The average Bonchev–Trinajstić information content (AvgIpc) is 2.31. The summed E-state index contributed by atoms with van der Waals surface area (Å²) in [4.78, 5) is 2.39. The minimum atomic E-state index is 0.347. The molecule has 0 saturated carbocycles. The van der Waals surface area contributed by atoms with Crippen molar-refractivity contribution in [3.05, 3.63) is 0 Å². The highest BCUT2D eigenvalue weighted by Gasteiger charge is 2.00. The van der Waals surface area contributed by atoms with Gasteiger partial charge in [0.25, 0.3) is 0 Å². The summed E-state index contributed by atoms with van der Waals surface area (Å²) < 4.78 is 10.6. The fraction of sp³-hybridized carbons (Fsp3) is 1.00. The third-order valence-electron chi connectivity index (χ3n) is 2.61. The Hall–Kier alpha value is -0.160. The smallest absolute Gasteiger partial charge is 0.0589 e. The molecule has 0 radical (unpaired) electrons. The molecular formula is C13H30N2O2. The van der Waals surface area contributed by atoms with Crippen LogP contribution >= 0.6 is 0 Å². The van der Waals surface area contributed by atoms with Gasteiger partial charge in [0.2, 0.25) is 0 Å². The van der Waals surface area contributed by atoms with E-state index in [1.807, 2.05) is 0 Å². The lowest BCUT2D eigenvalue weighted by molar-refractivity contribution is 0.0769. The fourth-order valence-corrected chi connectivity index (χ4v) is 1.53. The standard InChI is InChI=1S/C13H30N2O2/c1-5-15(10-12-16-4)9-8-14-7-6-11-17-13(2)3/h13-14H,5-12H2,1-4H3. The van der Waals surface area contributed by atoms with E-state index in [1.54, 1.807) is 7.11 Å². The number of hydrogen-bond acceptors (Lipinski definition) is 4. The molecule has 0 aliphatic heterocycles. The predicted molar refractivity (Wildman–Crippen MR) is 72.6 cm³/mol. The van der Waals surface area contributed by atoms with E-state index in [0.29, 0.717) is 6.10 Å². The first kappa shape index (κ1) is 16.8. The van der Waals surface area contributed by atoms with Gasteiger partial charge < -0.3 is 19.7 Å². The predicted octanol–water partition coefficient (Wildman–Crippen LogP) is 1.36. The molecule has 0 aliphatic carbocycles. The zero-order chi connectivity index (χ0) is 12.9. The van der Waals surface area contributed by atoms with Crippen LogP contribution in [-0.2, 0) is 9.47 Å². The number of methoxy groups -OCH3 is 1. The van der Waals surface area contributed by atoms with Crippen LogP contribution in [0.3, 0.4) is 0 Å². The lowest BCUT2D eigenvalue weighted by Crippen LogP contribution is -2.34. The lowest BCUT2D eigenvalue weighted by atomic mass is 10.4. The first-order chi connectivity index (χ1) is 8.20.